The molecule has 90 valence electrons. The molecule has 0 aliphatic rings. The predicted molar refractivity (Wildman–Crippen MR) is 71.3 cm³/mol. The largest absolute Gasteiger partial charge is 0.380 e. The van der Waals surface area contributed by atoms with Gasteiger partial charge in [-0.1, -0.05) is 42.1 Å². The third-order valence-corrected chi connectivity index (χ3v) is 3.06. The Morgan fingerprint density at radius 3 is 2.81 bits per heavy atom. The van der Waals surface area contributed by atoms with E-state index in [1.54, 1.807) is 12.1 Å². The molecule has 1 rings (SSSR count). The van der Waals surface area contributed by atoms with Crippen LogP contribution in [0.15, 0.2) is 22.7 Å². The standard InChI is InChI=1S/C13H19BrFN/c1-3-4-5-6-10(2)16-13-9-11(14)7-8-12(13)15/h7-10,16H,3-6H2,1-2H3. The van der Waals surface area contributed by atoms with Crippen LogP contribution in [-0.2, 0) is 0 Å². The van der Waals surface area contributed by atoms with Crippen molar-refractivity contribution < 1.29 is 4.39 Å². The number of hydrogen-bond acceptors (Lipinski definition) is 1. The molecule has 1 aromatic rings. The van der Waals surface area contributed by atoms with Crippen LogP contribution in [-0.4, -0.2) is 6.04 Å². The Bertz CT molecular complexity index is 328. The zero-order valence-corrected chi connectivity index (χ0v) is 11.5. The van der Waals surface area contributed by atoms with Crippen molar-refractivity contribution in [3.05, 3.63) is 28.5 Å². The summed E-state index contributed by atoms with van der Waals surface area (Å²) in [5.74, 6) is -0.189. The molecule has 16 heavy (non-hydrogen) atoms. The van der Waals surface area contributed by atoms with Gasteiger partial charge in [-0.05, 0) is 31.5 Å². The topological polar surface area (TPSA) is 12.0 Å². The molecule has 0 fully saturated rings. The molecule has 1 nitrogen and oxygen atoms in total. The third-order valence-electron chi connectivity index (χ3n) is 2.57. The number of unbranched alkanes of at least 4 members (excludes halogenated alkanes) is 2. The molecule has 0 spiro atoms. The van der Waals surface area contributed by atoms with Gasteiger partial charge < -0.3 is 5.32 Å². The zero-order chi connectivity index (χ0) is 12.0. The molecular weight excluding hydrogens is 269 g/mol. The van der Waals surface area contributed by atoms with Crippen molar-refractivity contribution in [3.8, 4) is 0 Å². The average Bonchev–Trinajstić information content (AvgIpc) is 2.24. The van der Waals surface area contributed by atoms with E-state index in [-0.39, 0.29) is 5.82 Å². The molecule has 0 amide bonds. The molecule has 0 aromatic heterocycles. The Kier molecular flexibility index (Phi) is 5.81. The van der Waals surface area contributed by atoms with E-state index in [1.165, 1.54) is 25.3 Å². The summed E-state index contributed by atoms with van der Waals surface area (Å²) in [6, 6.07) is 5.29. The molecule has 0 saturated heterocycles. The molecule has 0 aliphatic heterocycles. The first-order valence-electron chi connectivity index (χ1n) is 5.85. The van der Waals surface area contributed by atoms with Crippen LogP contribution < -0.4 is 5.32 Å². The van der Waals surface area contributed by atoms with E-state index >= 15 is 0 Å². The molecule has 1 atom stereocenters. The highest BCUT2D eigenvalue weighted by Crippen LogP contribution is 2.21. The van der Waals surface area contributed by atoms with Crippen LogP contribution in [0.1, 0.15) is 39.5 Å². The first kappa shape index (κ1) is 13.5. The van der Waals surface area contributed by atoms with Crippen LogP contribution in [0.2, 0.25) is 0 Å². The quantitative estimate of drug-likeness (QED) is 0.729. The van der Waals surface area contributed by atoms with E-state index in [0.717, 1.165) is 10.9 Å². The van der Waals surface area contributed by atoms with E-state index in [4.69, 9.17) is 0 Å². The van der Waals surface area contributed by atoms with Gasteiger partial charge in [0.15, 0.2) is 0 Å². The number of hydrogen-bond donors (Lipinski definition) is 1. The van der Waals surface area contributed by atoms with Crippen molar-refractivity contribution in [1.82, 2.24) is 0 Å². The maximum atomic E-state index is 13.4. The van der Waals surface area contributed by atoms with Crippen LogP contribution in [0.25, 0.3) is 0 Å². The highest BCUT2D eigenvalue weighted by Gasteiger charge is 2.06. The van der Waals surface area contributed by atoms with Gasteiger partial charge in [-0.15, -0.1) is 0 Å². The van der Waals surface area contributed by atoms with E-state index in [0.29, 0.717) is 11.7 Å². The number of rotatable bonds is 6. The summed E-state index contributed by atoms with van der Waals surface area (Å²) < 4.78 is 14.3. The Balaban J connectivity index is 2.48. The Morgan fingerprint density at radius 2 is 2.12 bits per heavy atom. The van der Waals surface area contributed by atoms with Crippen LogP contribution in [0.5, 0.6) is 0 Å². The minimum Gasteiger partial charge on any atom is -0.380 e. The summed E-state index contributed by atoms with van der Waals surface area (Å²) in [6.45, 7) is 4.28. The Morgan fingerprint density at radius 1 is 1.38 bits per heavy atom. The summed E-state index contributed by atoms with van der Waals surface area (Å²) in [5.41, 5.74) is 0.582. The van der Waals surface area contributed by atoms with E-state index in [2.05, 4.69) is 35.1 Å². The summed E-state index contributed by atoms with van der Waals surface area (Å²) >= 11 is 3.34. The fourth-order valence-electron chi connectivity index (χ4n) is 1.65. The molecule has 0 aliphatic carbocycles. The second-order valence-corrected chi connectivity index (χ2v) is 5.08. The zero-order valence-electron chi connectivity index (χ0n) is 9.89. The summed E-state index contributed by atoms with van der Waals surface area (Å²) in [7, 11) is 0. The second kappa shape index (κ2) is 6.89. The summed E-state index contributed by atoms with van der Waals surface area (Å²) in [4.78, 5) is 0. The van der Waals surface area contributed by atoms with Gasteiger partial charge in [-0.2, -0.15) is 0 Å². The lowest BCUT2D eigenvalue weighted by molar-refractivity contribution is 0.599. The minimum absolute atomic E-state index is 0.189. The van der Waals surface area contributed by atoms with E-state index in [9.17, 15) is 4.39 Å². The monoisotopic (exact) mass is 287 g/mol. The fraction of sp³-hybridized carbons (Fsp3) is 0.538. The van der Waals surface area contributed by atoms with Crippen molar-refractivity contribution in [2.75, 3.05) is 5.32 Å². The molecule has 1 unspecified atom stereocenters. The summed E-state index contributed by atoms with van der Waals surface area (Å²) in [6.07, 6.45) is 4.74. The molecule has 0 heterocycles. The first-order chi connectivity index (χ1) is 7.63. The maximum absolute atomic E-state index is 13.4. The van der Waals surface area contributed by atoms with Crippen LogP contribution >= 0.6 is 15.9 Å². The third kappa shape index (κ3) is 4.52. The molecule has 3 heteroatoms. The molecule has 0 radical (unpaired) electrons. The van der Waals surface area contributed by atoms with Gasteiger partial charge in [0.05, 0.1) is 5.69 Å². The SMILES string of the molecule is CCCCCC(C)Nc1cc(Br)ccc1F. The van der Waals surface area contributed by atoms with E-state index < -0.39 is 0 Å². The van der Waals surface area contributed by atoms with Gasteiger partial charge in [0.25, 0.3) is 0 Å². The Labute approximate surface area is 106 Å². The number of anilines is 1. The van der Waals surface area contributed by atoms with Gasteiger partial charge in [0, 0.05) is 10.5 Å². The van der Waals surface area contributed by atoms with Gasteiger partial charge in [0.1, 0.15) is 5.82 Å². The van der Waals surface area contributed by atoms with Gasteiger partial charge >= 0.3 is 0 Å². The second-order valence-electron chi connectivity index (χ2n) is 4.17. The predicted octanol–water partition coefficient (Wildman–Crippen LogP) is 4.97. The molecule has 1 N–H and O–H groups in total. The van der Waals surface area contributed by atoms with Crippen LogP contribution in [0.4, 0.5) is 10.1 Å². The van der Waals surface area contributed by atoms with Crippen molar-refractivity contribution in [2.45, 2.75) is 45.6 Å². The van der Waals surface area contributed by atoms with Gasteiger partial charge in [-0.25, -0.2) is 4.39 Å². The maximum Gasteiger partial charge on any atom is 0.146 e. The fourth-order valence-corrected chi connectivity index (χ4v) is 2.01. The van der Waals surface area contributed by atoms with Crippen molar-refractivity contribution in [3.63, 3.8) is 0 Å². The number of nitrogens with one attached hydrogen (secondary N) is 1. The average molecular weight is 288 g/mol. The normalized spacial score (nSPS) is 12.5. The lowest BCUT2D eigenvalue weighted by Crippen LogP contribution is -2.15. The summed E-state index contributed by atoms with van der Waals surface area (Å²) in [5, 5.41) is 3.20. The minimum atomic E-state index is -0.189. The molecule has 0 saturated carbocycles. The Hall–Kier alpha value is -0.570. The lowest BCUT2D eigenvalue weighted by Gasteiger charge is -2.15. The van der Waals surface area contributed by atoms with E-state index in [1.807, 2.05) is 0 Å². The first-order valence-corrected chi connectivity index (χ1v) is 6.64. The number of halogens is 2. The highest BCUT2D eigenvalue weighted by molar-refractivity contribution is 9.10. The van der Waals surface area contributed by atoms with Gasteiger partial charge in [0.2, 0.25) is 0 Å². The van der Waals surface area contributed by atoms with Crippen molar-refractivity contribution in [1.29, 1.82) is 0 Å². The van der Waals surface area contributed by atoms with Gasteiger partial charge in [-0.3, -0.25) is 0 Å². The highest BCUT2D eigenvalue weighted by atomic mass is 79.9. The van der Waals surface area contributed by atoms with Crippen LogP contribution in [0.3, 0.4) is 0 Å². The van der Waals surface area contributed by atoms with Crippen molar-refractivity contribution >= 4 is 21.6 Å². The molecule has 0 bridgehead atoms. The molecule has 1 aromatic carbocycles. The molecular formula is C13H19BrFN. The van der Waals surface area contributed by atoms with Crippen LogP contribution in [0, 0.1) is 5.82 Å². The van der Waals surface area contributed by atoms with Crippen molar-refractivity contribution in [2.24, 2.45) is 0 Å². The smallest absolute Gasteiger partial charge is 0.146 e. The lowest BCUT2D eigenvalue weighted by atomic mass is 10.1. The number of benzene rings is 1.